The summed E-state index contributed by atoms with van der Waals surface area (Å²) in [5, 5.41) is 11.3. The first-order chi connectivity index (χ1) is 11.4. The number of aromatic nitrogens is 3. The highest BCUT2D eigenvalue weighted by molar-refractivity contribution is 8.00. The molecule has 0 bridgehead atoms. The summed E-state index contributed by atoms with van der Waals surface area (Å²) in [6.07, 6.45) is 0. The number of rotatable bonds is 7. The van der Waals surface area contributed by atoms with Crippen molar-refractivity contribution in [2.45, 2.75) is 70.6 Å². The zero-order valence-corrected chi connectivity index (χ0v) is 16.8. The molecule has 0 radical (unpaired) electrons. The number of thiophene rings is 1. The Morgan fingerprint density at radius 2 is 1.92 bits per heavy atom. The van der Waals surface area contributed by atoms with E-state index in [9.17, 15) is 4.79 Å². The van der Waals surface area contributed by atoms with Crippen molar-refractivity contribution < 1.29 is 4.79 Å². The number of carbonyl (C=O) groups excluding carboxylic acids is 1. The number of hydrogen-bond acceptors (Lipinski definition) is 5. The van der Waals surface area contributed by atoms with Crippen LogP contribution in [0.25, 0.3) is 10.7 Å². The molecule has 1 unspecified atom stereocenters. The van der Waals surface area contributed by atoms with Gasteiger partial charge in [-0.15, -0.1) is 21.5 Å². The summed E-state index contributed by atoms with van der Waals surface area (Å²) in [5.74, 6) is 1.02. The van der Waals surface area contributed by atoms with Crippen LogP contribution in [-0.4, -0.2) is 42.9 Å². The Balaban J connectivity index is 2.20. The lowest BCUT2D eigenvalue weighted by atomic mass is 10.2. The molecule has 0 aromatic carbocycles. The molecule has 0 aliphatic heterocycles. The minimum Gasteiger partial charge on any atom is -0.337 e. The average molecular weight is 367 g/mol. The lowest BCUT2D eigenvalue weighted by molar-refractivity contribution is -0.133. The number of amides is 1. The molecule has 0 saturated heterocycles. The molecule has 0 spiro atoms. The Labute approximate surface area is 152 Å². The molecule has 1 atom stereocenters. The fourth-order valence-corrected chi connectivity index (χ4v) is 4.46. The first-order valence-corrected chi connectivity index (χ1v) is 10.1. The third-order valence-corrected chi connectivity index (χ3v) is 5.71. The average Bonchev–Trinajstić information content (AvgIpc) is 3.14. The highest BCUT2D eigenvalue weighted by Crippen LogP contribution is 2.30. The SMILES string of the molecule is CCn1c(SC(C)C(=O)N(C(C)C)C(C)C)nnc1-c1cccs1. The second kappa shape index (κ2) is 8.16. The second-order valence-electron chi connectivity index (χ2n) is 6.22. The minimum atomic E-state index is -0.194. The minimum absolute atomic E-state index is 0.147. The molecule has 132 valence electrons. The highest BCUT2D eigenvalue weighted by atomic mass is 32.2. The van der Waals surface area contributed by atoms with E-state index >= 15 is 0 Å². The van der Waals surface area contributed by atoms with Crippen LogP contribution in [0.3, 0.4) is 0 Å². The Morgan fingerprint density at radius 1 is 1.25 bits per heavy atom. The third kappa shape index (κ3) is 4.00. The highest BCUT2D eigenvalue weighted by Gasteiger charge is 2.27. The van der Waals surface area contributed by atoms with Crippen LogP contribution in [0.5, 0.6) is 0 Å². The predicted octanol–water partition coefficient (Wildman–Crippen LogP) is 4.15. The van der Waals surface area contributed by atoms with Crippen molar-refractivity contribution in [3.05, 3.63) is 17.5 Å². The summed E-state index contributed by atoms with van der Waals surface area (Å²) in [5.41, 5.74) is 0. The van der Waals surface area contributed by atoms with Crippen LogP contribution in [0.1, 0.15) is 41.5 Å². The quantitative estimate of drug-likeness (QED) is 0.691. The van der Waals surface area contributed by atoms with Crippen molar-refractivity contribution in [1.82, 2.24) is 19.7 Å². The summed E-state index contributed by atoms with van der Waals surface area (Å²) >= 11 is 3.14. The molecular weight excluding hydrogens is 340 g/mol. The van der Waals surface area contributed by atoms with E-state index in [0.29, 0.717) is 0 Å². The first kappa shape index (κ1) is 19.0. The van der Waals surface area contributed by atoms with Crippen LogP contribution in [0, 0.1) is 0 Å². The van der Waals surface area contributed by atoms with Crippen LogP contribution >= 0.6 is 23.1 Å². The molecule has 2 aromatic rings. The zero-order chi connectivity index (χ0) is 17.9. The first-order valence-electron chi connectivity index (χ1n) is 8.32. The normalized spacial score (nSPS) is 12.8. The Hall–Kier alpha value is -1.34. The van der Waals surface area contributed by atoms with Gasteiger partial charge in [0.05, 0.1) is 10.1 Å². The molecule has 0 aliphatic rings. The molecule has 0 N–H and O–H groups in total. The maximum atomic E-state index is 12.8. The summed E-state index contributed by atoms with van der Waals surface area (Å²) in [7, 11) is 0. The molecule has 5 nitrogen and oxygen atoms in total. The Kier molecular flexibility index (Phi) is 6.46. The number of nitrogens with zero attached hydrogens (tertiary/aromatic N) is 4. The van der Waals surface area contributed by atoms with Crippen molar-refractivity contribution in [3.63, 3.8) is 0 Å². The van der Waals surface area contributed by atoms with Crippen LogP contribution in [0.4, 0.5) is 0 Å². The van der Waals surface area contributed by atoms with Gasteiger partial charge in [0.25, 0.3) is 0 Å². The molecule has 0 aliphatic carbocycles. The molecule has 2 rings (SSSR count). The van der Waals surface area contributed by atoms with Crippen LogP contribution in [-0.2, 0) is 11.3 Å². The van der Waals surface area contributed by atoms with E-state index in [0.717, 1.165) is 22.4 Å². The number of hydrogen-bond donors (Lipinski definition) is 0. The van der Waals surface area contributed by atoms with Crippen molar-refractivity contribution in [2.75, 3.05) is 0 Å². The molecular formula is C17H26N4OS2. The fourth-order valence-electron chi connectivity index (χ4n) is 2.77. The van der Waals surface area contributed by atoms with Gasteiger partial charge in [0.15, 0.2) is 11.0 Å². The van der Waals surface area contributed by atoms with Gasteiger partial charge in [-0.05, 0) is 53.0 Å². The van der Waals surface area contributed by atoms with Crippen molar-refractivity contribution in [3.8, 4) is 10.7 Å². The van der Waals surface area contributed by atoms with Crippen LogP contribution in [0.15, 0.2) is 22.7 Å². The van der Waals surface area contributed by atoms with E-state index in [-0.39, 0.29) is 23.2 Å². The Morgan fingerprint density at radius 3 is 2.42 bits per heavy atom. The Bertz CT molecular complexity index is 656. The van der Waals surface area contributed by atoms with Crippen molar-refractivity contribution in [1.29, 1.82) is 0 Å². The van der Waals surface area contributed by atoms with Gasteiger partial charge in [-0.1, -0.05) is 17.8 Å². The zero-order valence-electron chi connectivity index (χ0n) is 15.2. The molecule has 0 fully saturated rings. The van der Waals surface area contributed by atoms with Gasteiger partial charge in [-0.2, -0.15) is 0 Å². The second-order valence-corrected chi connectivity index (χ2v) is 8.48. The lowest BCUT2D eigenvalue weighted by Gasteiger charge is -2.32. The van der Waals surface area contributed by atoms with Crippen LogP contribution in [0.2, 0.25) is 0 Å². The van der Waals surface area contributed by atoms with Gasteiger partial charge in [0.2, 0.25) is 5.91 Å². The predicted molar refractivity (Wildman–Crippen MR) is 101 cm³/mol. The van der Waals surface area contributed by atoms with Gasteiger partial charge in [0, 0.05) is 18.6 Å². The van der Waals surface area contributed by atoms with E-state index in [1.165, 1.54) is 11.8 Å². The standard InChI is InChI=1S/C17H26N4OS2/c1-7-20-15(14-9-8-10-23-14)18-19-17(20)24-13(6)16(22)21(11(2)3)12(4)5/h8-13H,7H2,1-6H3. The van der Waals surface area contributed by atoms with Gasteiger partial charge in [0.1, 0.15) is 0 Å². The monoisotopic (exact) mass is 366 g/mol. The van der Waals surface area contributed by atoms with E-state index in [1.54, 1.807) is 11.3 Å². The van der Waals surface area contributed by atoms with E-state index in [4.69, 9.17) is 0 Å². The number of thioether (sulfide) groups is 1. The summed E-state index contributed by atoms with van der Waals surface area (Å²) in [6, 6.07) is 4.43. The van der Waals surface area contributed by atoms with Gasteiger partial charge in [-0.3, -0.25) is 4.79 Å². The topological polar surface area (TPSA) is 51.0 Å². The maximum Gasteiger partial charge on any atom is 0.236 e. The molecule has 7 heteroatoms. The van der Waals surface area contributed by atoms with Crippen molar-refractivity contribution >= 4 is 29.0 Å². The van der Waals surface area contributed by atoms with E-state index in [2.05, 4.69) is 49.4 Å². The third-order valence-electron chi connectivity index (χ3n) is 3.77. The smallest absolute Gasteiger partial charge is 0.236 e. The summed E-state index contributed by atoms with van der Waals surface area (Å²) < 4.78 is 2.08. The summed E-state index contributed by atoms with van der Waals surface area (Å²) in [6.45, 7) is 13.0. The molecule has 1 amide bonds. The maximum absolute atomic E-state index is 12.8. The van der Waals surface area contributed by atoms with E-state index < -0.39 is 0 Å². The van der Waals surface area contributed by atoms with Gasteiger partial charge in [-0.25, -0.2) is 0 Å². The van der Waals surface area contributed by atoms with Gasteiger partial charge < -0.3 is 9.47 Å². The van der Waals surface area contributed by atoms with Crippen molar-refractivity contribution in [2.24, 2.45) is 0 Å². The molecule has 2 heterocycles. The summed E-state index contributed by atoms with van der Waals surface area (Å²) in [4.78, 5) is 15.8. The lowest BCUT2D eigenvalue weighted by Crippen LogP contribution is -2.45. The number of carbonyl (C=O) groups is 1. The van der Waals surface area contributed by atoms with Gasteiger partial charge >= 0.3 is 0 Å². The largest absolute Gasteiger partial charge is 0.337 e. The fraction of sp³-hybridized carbons (Fsp3) is 0.588. The molecule has 24 heavy (non-hydrogen) atoms. The molecule has 2 aromatic heterocycles. The van der Waals surface area contributed by atoms with E-state index in [1.807, 2.05) is 29.3 Å². The molecule has 0 saturated carbocycles. The van der Waals surface area contributed by atoms with Crippen LogP contribution < -0.4 is 0 Å².